The van der Waals surface area contributed by atoms with Crippen molar-refractivity contribution in [1.29, 1.82) is 0 Å². The smallest absolute Gasteiger partial charge is 0.369 e. The average molecular weight is 180 g/mol. The third-order valence-corrected chi connectivity index (χ3v) is 1.77. The number of quaternary nitrogens is 1. The van der Waals surface area contributed by atoms with Gasteiger partial charge in [0.05, 0.1) is 6.61 Å². The second kappa shape index (κ2) is 4.62. The molecule has 1 aromatic carbocycles. The van der Waals surface area contributed by atoms with Crippen LogP contribution in [0.25, 0.3) is 0 Å². The maximum absolute atomic E-state index is 11.3. The fourth-order valence-electron chi connectivity index (χ4n) is 1.06. The Morgan fingerprint density at radius 3 is 2.62 bits per heavy atom. The van der Waals surface area contributed by atoms with Gasteiger partial charge in [0.2, 0.25) is 6.04 Å². The predicted molar refractivity (Wildman–Crippen MR) is 48.7 cm³/mol. The van der Waals surface area contributed by atoms with Gasteiger partial charge in [-0.2, -0.15) is 0 Å². The molecule has 0 aliphatic heterocycles. The van der Waals surface area contributed by atoms with Crippen LogP contribution in [0.15, 0.2) is 30.3 Å². The molecule has 0 aliphatic rings. The molecule has 0 aliphatic carbocycles. The molecule has 0 fully saturated rings. The molecule has 1 atom stereocenters. The molecule has 1 aromatic rings. The molecule has 3 heteroatoms. The van der Waals surface area contributed by atoms with Crippen LogP contribution in [0.4, 0.5) is 0 Å². The third-order valence-electron chi connectivity index (χ3n) is 1.77. The minimum absolute atomic E-state index is 0.270. The Labute approximate surface area is 77.5 Å². The molecule has 13 heavy (non-hydrogen) atoms. The monoisotopic (exact) mass is 180 g/mol. The highest BCUT2D eigenvalue weighted by Gasteiger charge is 2.19. The zero-order valence-electron chi connectivity index (χ0n) is 7.69. The van der Waals surface area contributed by atoms with Gasteiger partial charge in [0.15, 0.2) is 0 Å². The highest BCUT2D eigenvalue weighted by molar-refractivity contribution is 5.75. The predicted octanol–water partition coefficient (Wildman–Crippen LogP) is 0.533. The average Bonchev–Trinajstić information content (AvgIpc) is 2.18. The largest absolute Gasteiger partial charge is 0.461 e. The Hall–Kier alpha value is -1.35. The molecule has 0 radical (unpaired) electrons. The van der Waals surface area contributed by atoms with Crippen molar-refractivity contribution < 1.29 is 15.3 Å². The Morgan fingerprint density at radius 2 is 2.08 bits per heavy atom. The molecule has 0 saturated heterocycles. The molecule has 3 nitrogen and oxygen atoms in total. The molecular formula is C10H14NO2+. The van der Waals surface area contributed by atoms with Gasteiger partial charge in [0, 0.05) is 5.56 Å². The molecular weight excluding hydrogens is 166 g/mol. The van der Waals surface area contributed by atoms with Crippen LogP contribution >= 0.6 is 0 Å². The van der Waals surface area contributed by atoms with E-state index in [1.165, 1.54) is 0 Å². The molecule has 70 valence electrons. The first kappa shape index (κ1) is 9.74. The van der Waals surface area contributed by atoms with Crippen LogP contribution in [0, 0.1) is 0 Å². The molecule has 0 bridgehead atoms. The van der Waals surface area contributed by atoms with Crippen molar-refractivity contribution in [3.63, 3.8) is 0 Å². The van der Waals surface area contributed by atoms with Crippen molar-refractivity contribution >= 4 is 5.97 Å². The van der Waals surface area contributed by atoms with Crippen LogP contribution in [0.1, 0.15) is 18.5 Å². The van der Waals surface area contributed by atoms with E-state index in [4.69, 9.17) is 4.74 Å². The van der Waals surface area contributed by atoms with Crippen LogP contribution in [0.5, 0.6) is 0 Å². The van der Waals surface area contributed by atoms with Gasteiger partial charge in [-0.05, 0) is 6.92 Å². The van der Waals surface area contributed by atoms with E-state index in [-0.39, 0.29) is 5.97 Å². The van der Waals surface area contributed by atoms with E-state index in [9.17, 15) is 4.79 Å². The van der Waals surface area contributed by atoms with E-state index in [0.29, 0.717) is 6.61 Å². The number of hydrogen-bond acceptors (Lipinski definition) is 2. The van der Waals surface area contributed by atoms with E-state index in [1.54, 1.807) is 6.92 Å². The summed E-state index contributed by atoms with van der Waals surface area (Å²) in [4.78, 5) is 11.3. The summed E-state index contributed by atoms with van der Waals surface area (Å²) in [6.07, 6.45) is 0. The van der Waals surface area contributed by atoms with Gasteiger partial charge in [0.1, 0.15) is 0 Å². The Morgan fingerprint density at radius 1 is 1.46 bits per heavy atom. The fourth-order valence-corrected chi connectivity index (χ4v) is 1.06. The molecule has 1 rings (SSSR count). The van der Waals surface area contributed by atoms with Crippen molar-refractivity contribution in [2.24, 2.45) is 0 Å². The first-order valence-corrected chi connectivity index (χ1v) is 4.30. The minimum Gasteiger partial charge on any atom is -0.461 e. The number of ether oxygens (including phenoxy) is 1. The fraction of sp³-hybridized carbons (Fsp3) is 0.300. The van der Waals surface area contributed by atoms with Crippen LogP contribution < -0.4 is 5.73 Å². The lowest BCUT2D eigenvalue weighted by Crippen LogP contribution is -2.57. The van der Waals surface area contributed by atoms with E-state index in [1.807, 2.05) is 30.3 Å². The topological polar surface area (TPSA) is 53.9 Å². The maximum atomic E-state index is 11.3. The summed E-state index contributed by atoms with van der Waals surface area (Å²) in [6, 6.07) is 8.99. The second-order valence-corrected chi connectivity index (χ2v) is 2.72. The third kappa shape index (κ3) is 2.56. The zero-order chi connectivity index (χ0) is 9.68. The minimum atomic E-state index is -0.416. The normalized spacial score (nSPS) is 12.2. The number of rotatable bonds is 3. The Bertz CT molecular complexity index is 272. The Balaban J connectivity index is 2.68. The summed E-state index contributed by atoms with van der Waals surface area (Å²) < 4.78 is 4.86. The van der Waals surface area contributed by atoms with Crippen LogP contribution in [0.3, 0.4) is 0 Å². The number of carbonyl (C=O) groups is 1. The van der Waals surface area contributed by atoms with Gasteiger partial charge in [-0.25, -0.2) is 4.79 Å². The number of esters is 1. The quantitative estimate of drug-likeness (QED) is 0.690. The SMILES string of the molecule is CCOC(=O)C([NH3+])c1ccccc1. The van der Waals surface area contributed by atoms with E-state index < -0.39 is 6.04 Å². The summed E-state index contributed by atoms with van der Waals surface area (Å²) in [5.74, 6) is -0.270. The van der Waals surface area contributed by atoms with Crippen LogP contribution in [-0.4, -0.2) is 12.6 Å². The first-order chi connectivity index (χ1) is 6.25. The first-order valence-electron chi connectivity index (χ1n) is 4.30. The maximum Gasteiger partial charge on any atom is 0.369 e. The van der Waals surface area contributed by atoms with Gasteiger partial charge in [-0.3, -0.25) is 0 Å². The van der Waals surface area contributed by atoms with E-state index >= 15 is 0 Å². The summed E-state index contributed by atoms with van der Waals surface area (Å²) >= 11 is 0. The van der Waals surface area contributed by atoms with Crippen molar-refractivity contribution in [1.82, 2.24) is 0 Å². The van der Waals surface area contributed by atoms with Crippen molar-refractivity contribution in [3.05, 3.63) is 35.9 Å². The summed E-state index contributed by atoms with van der Waals surface area (Å²) in [5, 5.41) is 0. The highest BCUT2D eigenvalue weighted by atomic mass is 16.5. The molecule has 0 aromatic heterocycles. The summed E-state index contributed by atoms with van der Waals surface area (Å²) in [7, 11) is 0. The number of hydrogen-bond donors (Lipinski definition) is 1. The Kier molecular flexibility index (Phi) is 3.46. The molecule has 0 saturated carbocycles. The number of carbonyl (C=O) groups excluding carboxylic acids is 1. The van der Waals surface area contributed by atoms with Crippen molar-refractivity contribution in [2.45, 2.75) is 13.0 Å². The molecule has 3 N–H and O–H groups in total. The molecule has 0 spiro atoms. The van der Waals surface area contributed by atoms with Gasteiger partial charge in [-0.15, -0.1) is 0 Å². The lowest BCUT2D eigenvalue weighted by molar-refractivity contribution is -0.414. The van der Waals surface area contributed by atoms with Crippen molar-refractivity contribution in [3.8, 4) is 0 Å². The second-order valence-electron chi connectivity index (χ2n) is 2.72. The summed E-state index contributed by atoms with van der Waals surface area (Å²) in [6.45, 7) is 2.19. The molecule has 0 amide bonds. The summed E-state index contributed by atoms with van der Waals surface area (Å²) in [5.41, 5.74) is 4.64. The van der Waals surface area contributed by atoms with Gasteiger partial charge >= 0.3 is 5.97 Å². The zero-order valence-corrected chi connectivity index (χ0v) is 7.69. The van der Waals surface area contributed by atoms with Gasteiger partial charge in [0.25, 0.3) is 0 Å². The number of benzene rings is 1. The van der Waals surface area contributed by atoms with Gasteiger partial charge < -0.3 is 10.5 Å². The van der Waals surface area contributed by atoms with Crippen LogP contribution in [-0.2, 0) is 9.53 Å². The van der Waals surface area contributed by atoms with Gasteiger partial charge in [-0.1, -0.05) is 30.3 Å². The van der Waals surface area contributed by atoms with Crippen molar-refractivity contribution in [2.75, 3.05) is 6.61 Å². The standard InChI is InChI=1S/C10H13NO2/c1-2-13-10(12)9(11)8-6-4-3-5-7-8/h3-7,9H,2,11H2,1H3/p+1. The van der Waals surface area contributed by atoms with Crippen LogP contribution in [0.2, 0.25) is 0 Å². The lowest BCUT2D eigenvalue weighted by Gasteiger charge is -2.06. The highest BCUT2D eigenvalue weighted by Crippen LogP contribution is 2.08. The molecule has 0 heterocycles. The lowest BCUT2D eigenvalue weighted by atomic mass is 10.1. The van der Waals surface area contributed by atoms with E-state index in [2.05, 4.69) is 5.73 Å². The van der Waals surface area contributed by atoms with E-state index in [0.717, 1.165) is 5.56 Å². The molecule has 1 unspecified atom stereocenters.